The average Bonchev–Trinajstić information content (AvgIpc) is 2.63. The smallest absolute Gasteiger partial charge is 0.0693 e. The molecule has 0 spiro atoms. The molecule has 2 nitrogen and oxygen atoms in total. The van der Waals surface area contributed by atoms with Gasteiger partial charge in [0.15, 0.2) is 0 Å². The van der Waals surface area contributed by atoms with Crippen molar-refractivity contribution in [1.29, 1.82) is 0 Å². The lowest BCUT2D eigenvalue weighted by Crippen LogP contribution is -2.34. The molecular weight excluding hydrogens is 254 g/mol. The Bertz CT molecular complexity index is 312. The standard InChI is InChI=1S/C12H16BrNO/c13-10-6-4-9(5-7-10)8-14-11-2-1-3-12(11)15/h4-7,11-12,14-15H,1-3,8H2. The molecule has 1 aromatic rings. The largest absolute Gasteiger partial charge is 0.392 e. The molecule has 2 unspecified atom stereocenters. The highest BCUT2D eigenvalue weighted by Gasteiger charge is 2.24. The molecule has 2 rings (SSSR count). The van der Waals surface area contributed by atoms with E-state index < -0.39 is 0 Å². The molecule has 0 amide bonds. The van der Waals surface area contributed by atoms with Gasteiger partial charge in [0.2, 0.25) is 0 Å². The summed E-state index contributed by atoms with van der Waals surface area (Å²) in [5, 5.41) is 13.0. The maximum absolute atomic E-state index is 9.64. The minimum Gasteiger partial charge on any atom is -0.392 e. The van der Waals surface area contributed by atoms with Gasteiger partial charge in [0.1, 0.15) is 0 Å². The van der Waals surface area contributed by atoms with Crippen LogP contribution < -0.4 is 5.32 Å². The first kappa shape index (κ1) is 11.1. The number of rotatable bonds is 3. The highest BCUT2D eigenvalue weighted by atomic mass is 79.9. The Kier molecular flexibility index (Phi) is 3.78. The van der Waals surface area contributed by atoms with E-state index in [-0.39, 0.29) is 12.1 Å². The molecule has 1 saturated carbocycles. The highest BCUT2D eigenvalue weighted by Crippen LogP contribution is 2.19. The summed E-state index contributed by atoms with van der Waals surface area (Å²) in [4.78, 5) is 0. The number of aliphatic hydroxyl groups excluding tert-OH is 1. The Morgan fingerprint density at radius 2 is 2.00 bits per heavy atom. The maximum Gasteiger partial charge on any atom is 0.0693 e. The maximum atomic E-state index is 9.64. The normalized spacial score (nSPS) is 25.7. The zero-order valence-corrected chi connectivity index (χ0v) is 10.2. The van der Waals surface area contributed by atoms with Crippen LogP contribution in [0.1, 0.15) is 24.8 Å². The van der Waals surface area contributed by atoms with Gasteiger partial charge in [0.25, 0.3) is 0 Å². The fourth-order valence-corrected chi connectivity index (χ4v) is 2.29. The lowest BCUT2D eigenvalue weighted by atomic mass is 10.2. The fraction of sp³-hybridized carbons (Fsp3) is 0.500. The van der Waals surface area contributed by atoms with Gasteiger partial charge in [-0.3, -0.25) is 0 Å². The molecule has 15 heavy (non-hydrogen) atoms. The summed E-state index contributed by atoms with van der Waals surface area (Å²) >= 11 is 3.41. The van der Waals surface area contributed by atoms with E-state index in [2.05, 4.69) is 33.4 Å². The number of halogens is 1. The van der Waals surface area contributed by atoms with E-state index in [0.29, 0.717) is 0 Å². The third-order valence-corrected chi connectivity index (χ3v) is 3.49. The molecule has 2 N–H and O–H groups in total. The van der Waals surface area contributed by atoms with E-state index in [9.17, 15) is 5.11 Å². The van der Waals surface area contributed by atoms with E-state index >= 15 is 0 Å². The molecule has 1 aliphatic carbocycles. The SMILES string of the molecule is OC1CCCC1NCc1ccc(Br)cc1. The summed E-state index contributed by atoms with van der Waals surface area (Å²) in [5.74, 6) is 0. The van der Waals surface area contributed by atoms with Crippen LogP contribution in [0.3, 0.4) is 0 Å². The van der Waals surface area contributed by atoms with Crippen molar-refractivity contribution in [3.63, 3.8) is 0 Å². The minimum atomic E-state index is -0.152. The van der Waals surface area contributed by atoms with Crippen LogP contribution in [0.15, 0.2) is 28.7 Å². The molecule has 82 valence electrons. The van der Waals surface area contributed by atoms with Crippen molar-refractivity contribution in [2.75, 3.05) is 0 Å². The van der Waals surface area contributed by atoms with Crippen molar-refractivity contribution in [3.05, 3.63) is 34.3 Å². The van der Waals surface area contributed by atoms with E-state index in [4.69, 9.17) is 0 Å². The van der Waals surface area contributed by atoms with Gasteiger partial charge >= 0.3 is 0 Å². The summed E-state index contributed by atoms with van der Waals surface area (Å²) < 4.78 is 1.10. The van der Waals surface area contributed by atoms with Crippen molar-refractivity contribution in [2.45, 2.75) is 38.0 Å². The summed E-state index contributed by atoms with van der Waals surface area (Å²) in [7, 11) is 0. The predicted octanol–water partition coefficient (Wildman–Crippen LogP) is 2.45. The van der Waals surface area contributed by atoms with Gasteiger partial charge in [-0.15, -0.1) is 0 Å². The monoisotopic (exact) mass is 269 g/mol. The lowest BCUT2D eigenvalue weighted by molar-refractivity contribution is 0.148. The van der Waals surface area contributed by atoms with Crippen LogP contribution in [0.2, 0.25) is 0 Å². The van der Waals surface area contributed by atoms with Crippen LogP contribution in [0.5, 0.6) is 0 Å². The van der Waals surface area contributed by atoms with Crippen LogP contribution in [0, 0.1) is 0 Å². The minimum absolute atomic E-state index is 0.152. The summed E-state index contributed by atoms with van der Waals surface area (Å²) in [6.07, 6.45) is 3.02. The van der Waals surface area contributed by atoms with Crippen molar-refractivity contribution in [1.82, 2.24) is 5.32 Å². The lowest BCUT2D eigenvalue weighted by Gasteiger charge is -2.16. The summed E-state index contributed by atoms with van der Waals surface area (Å²) in [6.45, 7) is 0.842. The second kappa shape index (κ2) is 5.10. The molecular formula is C12H16BrNO. The van der Waals surface area contributed by atoms with Crippen LogP contribution in [-0.4, -0.2) is 17.3 Å². The third kappa shape index (κ3) is 3.03. The molecule has 0 heterocycles. The number of aliphatic hydroxyl groups is 1. The molecule has 1 aliphatic rings. The Labute approximate surface area is 98.8 Å². The average molecular weight is 270 g/mol. The molecule has 2 atom stereocenters. The fourth-order valence-electron chi connectivity index (χ4n) is 2.03. The van der Waals surface area contributed by atoms with Crippen LogP contribution in [0.4, 0.5) is 0 Å². The Morgan fingerprint density at radius 1 is 1.27 bits per heavy atom. The predicted molar refractivity (Wildman–Crippen MR) is 64.6 cm³/mol. The third-order valence-electron chi connectivity index (χ3n) is 2.96. The van der Waals surface area contributed by atoms with Crippen molar-refractivity contribution in [2.24, 2.45) is 0 Å². The Hall–Kier alpha value is -0.380. The van der Waals surface area contributed by atoms with E-state index in [1.54, 1.807) is 0 Å². The van der Waals surface area contributed by atoms with E-state index in [0.717, 1.165) is 30.3 Å². The quantitative estimate of drug-likeness (QED) is 0.884. The van der Waals surface area contributed by atoms with Gasteiger partial charge < -0.3 is 10.4 Å². The van der Waals surface area contributed by atoms with E-state index in [1.165, 1.54) is 5.56 Å². The molecule has 0 radical (unpaired) electrons. The molecule has 0 bridgehead atoms. The first-order valence-electron chi connectivity index (χ1n) is 5.41. The zero-order valence-electron chi connectivity index (χ0n) is 8.62. The van der Waals surface area contributed by atoms with Crippen LogP contribution >= 0.6 is 15.9 Å². The molecule has 3 heteroatoms. The summed E-state index contributed by atoms with van der Waals surface area (Å²) in [5.41, 5.74) is 1.26. The first-order chi connectivity index (χ1) is 7.25. The number of hydrogen-bond acceptors (Lipinski definition) is 2. The van der Waals surface area contributed by atoms with Gasteiger partial charge in [-0.2, -0.15) is 0 Å². The molecule has 1 aromatic carbocycles. The molecule has 0 aromatic heterocycles. The molecule has 1 fully saturated rings. The number of benzene rings is 1. The van der Waals surface area contributed by atoms with Crippen molar-refractivity contribution >= 4 is 15.9 Å². The van der Waals surface area contributed by atoms with Crippen LogP contribution in [-0.2, 0) is 6.54 Å². The van der Waals surface area contributed by atoms with Crippen molar-refractivity contribution < 1.29 is 5.11 Å². The number of hydrogen-bond donors (Lipinski definition) is 2. The number of nitrogens with one attached hydrogen (secondary N) is 1. The Balaban J connectivity index is 1.85. The second-order valence-electron chi connectivity index (χ2n) is 4.11. The van der Waals surface area contributed by atoms with E-state index in [1.807, 2.05) is 12.1 Å². The molecule has 0 saturated heterocycles. The highest BCUT2D eigenvalue weighted by molar-refractivity contribution is 9.10. The second-order valence-corrected chi connectivity index (χ2v) is 5.03. The van der Waals surface area contributed by atoms with Gasteiger partial charge in [-0.25, -0.2) is 0 Å². The zero-order chi connectivity index (χ0) is 10.7. The topological polar surface area (TPSA) is 32.3 Å². The van der Waals surface area contributed by atoms with Gasteiger partial charge in [0.05, 0.1) is 6.10 Å². The van der Waals surface area contributed by atoms with Crippen molar-refractivity contribution in [3.8, 4) is 0 Å². The van der Waals surface area contributed by atoms with Gasteiger partial charge in [0, 0.05) is 17.1 Å². The Morgan fingerprint density at radius 3 is 2.60 bits per heavy atom. The summed E-state index contributed by atoms with van der Waals surface area (Å²) in [6, 6.07) is 8.56. The first-order valence-corrected chi connectivity index (χ1v) is 6.21. The molecule has 0 aliphatic heterocycles. The van der Waals surface area contributed by atoms with Gasteiger partial charge in [-0.1, -0.05) is 28.1 Å². The van der Waals surface area contributed by atoms with Gasteiger partial charge in [-0.05, 0) is 37.0 Å². The van der Waals surface area contributed by atoms with Crippen LogP contribution in [0.25, 0.3) is 0 Å².